The molecule has 1 heterocycles. The largest absolute Gasteiger partial charge is 0.461 e. The normalized spacial score (nSPS) is 9.08. The topological polar surface area (TPSA) is 70.9 Å². The Morgan fingerprint density at radius 1 is 1.67 bits per heavy atom. The van der Waals surface area contributed by atoms with Gasteiger partial charge in [-0.05, 0) is 13.0 Å². The molecular weight excluding hydrogens is 160 g/mol. The summed E-state index contributed by atoms with van der Waals surface area (Å²) in [6.07, 6.45) is 2.17. The van der Waals surface area contributed by atoms with Crippen LogP contribution in [0.1, 0.15) is 23.0 Å². The summed E-state index contributed by atoms with van der Waals surface area (Å²) in [5.74, 6) is 0.360. The fourth-order valence-electron chi connectivity index (χ4n) is 0.782. The lowest BCUT2D eigenvalue weighted by molar-refractivity contribution is 0.108. The molecule has 0 aromatic carbocycles. The number of carbonyl (C=O) groups excluding carboxylic acids is 1. The first-order valence-corrected chi connectivity index (χ1v) is 3.47. The molecule has 2 N–H and O–H groups in total. The van der Waals surface area contributed by atoms with Crippen LogP contribution in [0, 0.1) is 0 Å². The Morgan fingerprint density at radius 2 is 2.42 bits per heavy atom. The minimum Gasteiger partial charge on any atom is -0.461 e. The minimum absolute atomic E-state index is 0. The third-order valence-electron chi connectivity index (χ3n) is 1.35. The maximum atomic E-state index is 10.3. The molecule has 0 bridgehead atoms. The van der Waals surface area contributed by atoms with Crippen molar-refractivity contribution in [1.29, 1.82) is 0 Å². The van der Waals surface area contributed by atoms with Crippen molar-refractivity contribution in [2.45, 2.75) is 13.5 Å². The first-order valence-electron chi connectivity index (χ1n) is 3.47. The molecule has 0 aliphatic rings. The Balaban J connectivity index is 0.00000121. The molecule has 1 aromatic rings. The van der Waals surface area contributed by atoms with E-state index in [0.29, 0.717) is 25.3 Å². The maximum Gasteiger partial charge on any atom is 0.185 e. The van der Waals surface area contributed by atoms with E-state index in [0.717, 1.165) is 5.56 Å². The first kappa shape index (κ1) is 10.9. The van der Waals surface area contributed by atoms with Crippen LogP contribution in [-0.2, 0) is 11.3 Å². The van der Waals surface area contributed by atoms with E-state index in [1.54, 1.807) is 6.07 Å². The van der Waals surface area contributed by atoms with Crippen LogP contribution >= 0.6 is 0 Å². The molecule has 1 aromatic heterocycles. The van der Waals surface area contributed by atoms with Crippen molar-refractivity contribution >= 4 is 6.29 Å². The van der Waals surface area contributed by atoms with E-state index in [1.807, 2.05) is 6.92 Å². The summed E-state index contributed by atoms with van der Waals surface area (Å²) in [6, 6.07) is 1.74. The van der Waals surface area contributed by atoms with Crippen molar-refractivity contribution in [3.05, 3.63) is 23.7 Å². The first-order chi connectivity index (χ1) is 5.38. The zero-order chi connectivity index (χ0) is 8.10. The fraction of sp³-hybridized carbons (Fsp3) is 0.375. The highest BCUT2D eigenvalue weighted by Crippen LogP contribution is 2.08. The third-order valence-corrected chi connectivity index (χ3v) is 1.35. The second-order valence-electron chi connectivity index (χ2n) is 2.07. The van der Waals surface area contributed by atoms with Crippen LogP contribution in [0.4, 0.5) is 0 Å². The molecule has 0 unspecified atom stereocenters. The Morgan fingerprint density at radius 3 is 3.00 bits per heavy atom. The number of aldehydes is 1. The van der Waals surface area contributed by atoms with Crippen LogP contribution in [-0.4, -0.2) is 18.4 Å². The van der Waals surface area contributed by atoms with Crippen LogP contribution in [0.5, 0.6) is 0 Å². The lowest BCUT2D eigenvalue weighted by Gasteiger charge is -1.96. The molecule has 0 saturated carbocycles. The monoisotopic (exact) mass is 172 g/mol. The van der Waals surface area contributed by atoms with Crippen LogP contribution in [0.15, 0.2) is 16.7 Å². The molecule has 0 aliphatic heterocycles. The van der Waals surface area contributed by atoms with Gasteiger partial charge in [0.2, 0.25) is 0 Å². The van der Waals surface area contributed by atoms with E-state index in [-0.39, 0.29) is 5.48 Å². The van der Waals surface area contributed by atoms with Gasteiger partial charge in [-0.15, -0.1) is 0 Å². The summed E-state index contributed by atoms with van der Waals surface area (Å²) in [6.45, 7) is 2.99. The average Bonchev–Trinajstić information content (AvgIpc) is 2.47. The molecule has 0 amide bonds. The van der Waals surface area contributed by atoms with Gasteiger partial charge in [0.15, 0.2) is 12.0 Å². The molecule has 0 fully saturated rings. The van der Waals surface area contributed by atoms with E-state index in [4.69, 9.17) is 9.15 Å². The molecule has 0 radical (unpaired) electrons. The molecule has 0 atom stereocenters. The van der Waals surface area contributed by atoms with Crippen LogP contribution in [0.25, 0.3) is 0 Å². The van der Waals surface area contributed by atoms with Gasteiger partial charge in [0, 0.05) is 12.2 Å². The van der Waals surface area contributed by atoms with E-state index in [2.05, 4.69) is 0 Å². The van der Waals surface area contributed by atoms with Crippen LogP contribution < -0.4 is 0 Å². The Hall–Kier alpha value is -1.13. The number of hydrogen-bond donors (Lipinski definition) is 0. The molecule has 12 heavy (non-hydrogen) atoms. The van der Waals surface area contributed by atoms with Gasteiger partial charge in [0.05, 0.1) is 12.9 Å². The quantitative estimate of drug-likeness (QED) is 0.631. The van der Waals surface area contributed by atoms with Crippen molar-refractivity contribution in [1.82, 2.24) is 0 Å². The van der Waals surface area contributed by atoms with Gasteiger partial charge in [0.1, 0.15) is 0 Å². The summed E-state index contributed by atoms with van der Waals surface area (Å²) in [7, 11) is 0. The van der Waals surface area contributed by atoms with Gasteiger partial charge in [-0.3, -0.25) is 4.79 Å². The highest BCUT2D eigenvalue weighted by molar-refractivity contribution is 5.72. The molecule has 1 rings (SSSR count). The van der Waals surface area contributed by atoms with Crippen molar-refractivity contribution in [3.63, 3.8) is 0 Å². The molecule has 4 nitrogen and oxygen atoms in total. The van der Waals surface area contributed by atoms with E-state index in [1.165, 1.54) is 6.26 Å². The van der Waals surface area contributed by atoms with E-state index < -0.39 is 0 Å². The highest BCUT2D eigenvalue weighted by Gasteiger charge is 2.03. The maximum absolute atomic E-state index is 10.3. The molecule has 0 aliphatic carbocycles. The zero-order valence-electron chi connectivity index (χ0n) is 6.87. The molecule has 4 heteroatoms. The number of hydrogen-bond acceptors (Lipinski definition) is 3. The molecule has 0 spiro atoms. The molecular formula is C8H12O4. The fourth-order valence-corrected chi connectivity index (χ4v) is 0.782. The second-order valence-corrected chi connectivity index (χ2v) is 2.07. The number of carbonyl (C=O) groups is 1. The van der Waals surface area contributed by atoms with Crippen molar-refractivity contribution in [2.24, 2.45) is 0 Å². The average molecular weight is 172 g/mol. The van der Waals surface area contributed by atoms with E-state index >= 15 is 0 Å². The van der Waals surface area contributed by atoms with Crippen molar-refractivity contribution in [3.8, 4) is 0 Å². The number of ether oxygens (including phenoxy) is 1. The summed E-state index contributed by atoms with van der Waals surface area (Å²) in [5, 5.41) is 0. The van der Waals surface area contributed by atoms with Gasteiger partial charge in [-0.2, -0.15) is 0 Å². The zero-order valence-corrected chi connectivity index (χ0v) is 6.87. The van der Waals surface area contributed by atoms with Crippen molar-refractivity contribution < 1.29 is 19.4 Å². The second kappa shape index (κ2) is 5.51. The summed E-state index contributed by atoms with van der Waals surface area (Å²) in [5.41, 5.74) is 0.807. The Labute approximate surface area is 70.4 Å². The van der Waals surface area contributed by atoms with Gasteiger partial charge >= 0.3 is 0 Å². The van der Waals surface area contributed by atoms with Gasteiger partial charge in [0.25, 0.3) is 0 Å². The van der Waals surface area contributed by atoms with Crippen LogP contribution in [0.3, 0.4) is 0 Å². The lowest BCUT2D eigenvalue weighted by Crippen LogP contribution is -1.92. The van der Waals surface area contributed by atoms with E-state index in [9.17, 15) is 4.79 Å². The predicted molar refractivity (Wildman–Crippen MR) is 43.0 cm³/mol. The van der Waals surface area contributed by atoms with Crippen LogP contribution in [0.2, 0.25) is 0 Å². The number of rotatable bonds is 4. The summed E-state index contributed by atoms with van der Waals surface area (Å²) >= 11 is 0. The Bertz CT molecular complexity index is 229. The lowest BCUT2D eigenvalue weighted by atomic mass is 10.3. The number of furan rings is 1. The smallest absolute Gasteiger partial charge is 0.185 e. The SMILES string of the molecule is CCOCc1ccoc1C=O.O. The van der Waals surface area contributed by atoms with Crippen molar-refractivity contribution in [2.75, 3.05) is 6.61 Å². The molecule has 0 saturated heterocycles. The van der Waals surface area contributed by atoms with Gasteiger partial charge in [-0.1, -0.05) is 0 Å². The van der Waals surface area contributed by atoms with Gasteiger partial charge < -0.3 is 14.6 Å². The van der Waals surface area contributed by atoms with Gasteiger partial charge in [-0.25, -0.2) is 0 Å². The predicted octanol–water partition coefficient (Wildman–Crippen LogP) is 0.804. The summed E-state index contributed by atoms with van der Waals surface area (Å²) < 4.78 is 9.96. The summed E-state index contributed by atoms with van der Waals surface area (Å²) in [4.78, 5) is 10.3. The minimum atomic E-state index is 0. The third kappa shape index (κ3) is 2.48. The molecule has 68 valence electrons. The highest BCUT2D eigenvalue weighted by atomic mass is 16.5. The standard InChI is InChI=1S/C8H10O3.H2O/c1-2-10-6-7-3-4-11-8(7)5-9;/h3-5H,2,6H2,1H3;1H2. The Kier molecular flexibility index (Phi) is 4.99.